The highest BCUT2D eigenvalue weighted by molar-refractivity contribution is 6.76. The van der Waals surface area contributed by atoms with Crippen molar-refractivity contribution in [3.05, 3.63) is 11.3 Å². The third-order valence-corrected chi connectivity index (χ3v) is 6.76. The summed E-state index contributed by atoms with van der Waals surface area (Å²) in [5.74, 6) is 0. The largest absolute Gasteiger partial charge is 0.317 e. The molecule has 102 valence electrons. The number of hydrogen-bond donors (Lipinski definition) is 1. The summed E-state index contributed by atoms with van der Waals surface area (Å²) in [7, 11) is -0.678. The standard InChI is InChI=1S/C14H33NSi2/c1-14(2)13-16-11-8-10-15-9-6-7-12-17(3,4)5/h13,15H,6-12,16H2,1-5H3. The average molecular weight is 272 g/mol. The maximum Gasteiger partial charge on any atom is 0.0453 e. The third kappa shape index (κ3) is 16.1. The molecule has 0 radical (unpaired) electrons. The molecule has 1 N–H and O–H groups in total. The number of rotatable bonds is 10. The van der Waals surface area contributed by atoms with E-state index in [-0.39, 0.29) is 9.52 Å². The van der Waals surface area contributed by atoms with E-state index in [1.165, 1.54) is 50.0 Å². The molecule has 0 aliphatic heterocycles. The van der Waals surface area contributed by atoms with Crippen LogP contribution in [0.4, 0.5) is 0 Å². The van der Waals surface area contributed by atoms with E-state index in [9.17, 15) is 0 Å². The fraction of sp³-hybridized carbons (Fsp3) is 0.857. The minimum absolute atomic E-state index is 0.105. The van der Waals surface area contributed by atoms with E-state index in [1.54, 1.807) is 0 Å². The van der Waals surface area contributed by atoms with Crippen LogP contribution >= 0.6 is 0 Å². The molecule has 0 heterocycles. The summed E-state index contributed by atoms with van der Waals surface area (Å²) < 4.78 is 0. The van der Waals surface area contributed by atoms with Crippen LogP contribution in [0.15, 0.2) is 11.3 Å². The number of hydrogen-bond acceptors (Lipinski definition) is 1. The maximum absolute atomic E-state index is 3.58. The molecular weight excluding hydrogens is 238 g/mol. The fourth-order valence-corrected chi connectivity index (χ4v) is 4.45. The summed E-state index contributed by atoms with van der Waals surface area (Å²) >= 11 is 0. The molecule has 0 saturated carbocycles. The Hall–Kier alpha value is 0.134. The van der Waals surface area contributed by atoms with Crippen LogP contribution in [0.5, 0.6) is 0 Å². The minimum Gasteiger partial charge on any atom is -0.317 e. The van der Waals surface area contributed by atoms with Gasteiger partial charge in [-0.05, 0) is 39.8 Å². The SMILES string of the molecule is CC(C)=C[SiH2]CCCNCCCC[Si](C)(C)C. The molecular formula is C14H33NSi2. The Morgan fingerprint density at radius 2 is 1.71 bits per heavy atom. The molecule has 0 aromatic heterocycles. The van der Waals surface area contributed by atoms with E-state index in [0.717, 1.165) is 0 Å². The van der Waals surface area contributed by atoms with Crippen LogP contribution < -0.4 is 5.32 Å². The van der Waals surface area contributed by atoms with Crippen molar-refractivity contribution in [2.24, 2.45) is 0 Å². The van der Waals surface area contributed by atoms with Gasteiger partial charge in [0.2, 0.25) is 0 Å². The molecule has 0 spiro atoms. The van der Waals surface area contributed by atoms with Crippen LogP contribution in [-0.2, 0) is 0 Å². The molecule has 0 atom stereocenters. The zero-order valence-corrected chi connectivity index (χ0v) is 15.1. The molecule has 1 nitrogen and oxygen atoms in total. The topological polar surface area (TPSA) is 12.0 Å². The first-order valence-corrected chi connectivity index (χ1v) is 12.8. The van der Waals surface area contributed by atoms with Gasteiger partial charge in [-0.2, -0.15) is 0 Å². The Morgan fingerprint density at radius 3 is 2.29 bits per heavy atom. The van der Waals surface area contributed by atoms with Crippen molar-refractivity contribution in [3.8, 4) is 0 Å². The molecule has 0 aliphatic carbocycles. The quantitative estimate of drug-likeness (QED) is 0.473. The van der Waals surface area contributed by atoms with Gasteiger partial charge in [-0.1, -0.05) is 43.7 Å². The van der Waals surface area contributed by atoms with Gasteiger partial charge in [0.05, 0.1) is 0 Å². The van der Waals surface area contributed by atoms with Crippen molar-refractivity contribution in [1.82, 2.24) is 5.32 Å². The van der Waals surface area contributed by atoms with Crippen molar-refractivity contribution in [1.29, 1.82) is 0 Å². The van der Waals surface area contributed by atoms with Crippen LogP contribution in [0.2, 0.25) is 31.7 Å². The summed E-state index contributed by atoms with van der Waals surface area (Å²) in [6, 6.07) is 2.95. The van der Waals surface area contributed by atoms with E-state index < -0.39 is 8.07 Å². The zero-order chi connectivity index (χ0) is 13.1. The Morgan fingerprint density at radius 1 is 1.06 bits per heavy atom. The maximum atomic E-state index is 3.58. The highest BCUT2D eigenvalue weighted by Gasteiger charge is 2.11. The van der Waals surface area contributed by atoms with E-state index in [4.69, 9.17) is 0 Å². The monoisotopic (exact) mass is 271 g/mol. The summed E-state index contributed by atoms with van der Waals surface area (Å²) in [4.78, 5) is 0. The molecule has 0 saturated heterocycles. The molecule has 17 heavy (non-hydrogen) atoms. The molecule has 0 bridgehead atoms. The highest BCUT2D eigenvalue weighted by Crippen LogP contribution is 2.11. The highest BCUT2D eigenvalue weighted by atomic mass is 28.3. The zero-order valence-electron chi connectivity index (χ0n) is 12.7. The lowest BCUT2D eigenvalue weighted by Gasteiger charge is -2.15. The second-order valence-electron chi connectivity index (χ2n) is 6.55. The van der Waals surface area contributed by atoms with E-state index >= 15 is 0 Å². The van der Waals surface area contributed by atoms with Crippen molar-refractivity contribution >= 4 is 17.6 Å². The summed E-state index contributed by atoms with van der Waals surface area (Å²) in [5.41, 5.74) is 3.99. The molecule has 0 unspecified atom stereocenters. The van der Waals surface area contributed by atoms with Gasteiger partial charge in [0.1, 0.15) is 0 Å². The summed E-state index contributed by atoms with van der Waals surface area (Å²) in [5, 5.41) is 3.58. The van der Waals surface area contributed by atoms with Gasteiger partial charge in [-0.15, -0.1) is 5.70 Å². The van der Waals surface area contributed by atoms with Crippen molar-refractivity contribution in [3.63, 3.8) is 0 Å². The van der Waals surface area contributed by atoms with Crippen LogP contribution in [-0.4, -0.2) is 30.7 Å². The van der Waals surface area contributed by atoms with Crippen LogP contribution in [0.25, 0.3) is 0 Å². The van der Waals surface area contributed by atoms with Crippen molar-refractivity contribution in [2.45, 2.75) is 64.8 Å². The Bertz CT molecular complexity index is 203. The molecule has 0 amide bonds. The summed E-state index contributed by atoms with van der Waals surface area (Å²) in [6.07, 6.45) is 4.18. The van der Waals surface area contributed by atoms with Crippen LogP contribution in [0, 0.1) is 0 Å². The average Bonchev–Trinajstić information content (AvgIpc) is 2.18. The predicted octanol–water partition coefficient (Wildman–Crippen LogP) is 3.60. The van der Waals surface area contributed by atoms with Crippen molar-refractivity contribution < 1.29 is 0 Å². The molecule has 0 aromatic rings. The second-order valence-corrected chi connectivity index (χ2v) is 13.9. The second kappa shape index (κ2) is 10.1. The number of unbranched alkanes of at least 4 members (excludes halogenated alkanes) is 1. The van der Waals surface area contributed by atoms with Gasteiger partial charge in [0.15, 0.2) is 0 Å². The first-order chi connectivity index (χ1) is 7.92. The molecule has 0 rings (SSSR count). The van der Waals surface area contributed by atoms with Gasteiger partial charge >= 0.3 is 0 Å². The van der Waals surface area contributed by atoms with Gasteiger partial charge in [-0.3, -0.25) is 0 Å². The molecule has 0 fully saturated rings. The lowest BCUT2D eigenvalue weighted by Crippen LogP contribution is -2.21. The van der Waals surface area contributed by atoms with Gasteiger partial charge in [-0.25, -0.2) is 0 Å². The predicted molar refractivity (Wildman–Crippen MR) is 87.7 cm³/mol. The normalized spacial score (nSPS) is 12.3. The first-order valence-electron chi connectivity index (χ1n) is 7.26. The Kier molecular flexibility index (Phi) is 10.2. The smallest absolute Gasteiger partial charge is 0.0453 e. The lowest BCUT2D eigenvalue weighted by molar-refractivity contribution is 0.630. The van der Waals surface area contributed by atoms with E-state index in [1.807, 2.05) is 0 Å². The number of allylic oxidation sites excluding steroid dienone is 1. The molecule has 3 heteroatoms. The van der Waals surface area contributed by atoms with E-state index in [0.29, 0.717) is 0 Å². The third-order valence-electron chi connectivity index (χ3n) is 2.89. The van der Waals surface area contributed by atoms with Gasteiger partial charge in [0, 0.05) is 17.6 Å². The summed E-state index contributed by atoms with van der Waals surface area (Å²) in [6.45, 7) is 14.3. The Balaban J connectivity index is 3.12. The van der Waals surface area contributed by atoms with Crippen LogP contribution in [0.1, 0.15) is 33.1 Å². The van der Waals surface area contributed by atoms with E-state index in [2.05, 4.69) is 44.5 Å². The first kappa shape index (κ1) is 17.1. The number of nitrogens with one attached hydrogen (secondary N) is 1. The lowest BCUT2D eigenvalue weighted by atomic mass is 10.3. The molecule has 0 aromatic carbocycles. The van der Waals surface area contributed by atoms with Gasteiger partial charge < -0.3 is 5.32 Å². The minimum atomic E-state index is -0.783. The molecule has 0 aliphatic rings. The fourth-order valence-electron chi connectivity index (χ4n) is 1.82. The van der Waals surface area contributed by atoms with Crippen LogP contribution in [0.3, 0.4) is 0 Å². The van der Waals surface area contributed by atoms with Crippen molar-refractivity contribution in [2.75, 3.05) is 13.1 Å². The Labute approximate surface area is 112 Å². The van der Waals surface area contributed by atoms with Gasteiger partial charge in [0.25, 0.3) is 0 Å².